The van der Waals surface area contributed by atoms with Crippen molar-refractivity contribution in [2.45, 2.75) is 6.92 Å². The molecule has 0 aliphatic carbocycles. The van der Waals surface area contributed by atoms with Gasteiger partial charge in [-0.2, -0.15) is 0 Å². The molecule has 0 unspecified atom stereocenters. The second-order valence-electron chi connectivity index (χ2n) is 3.93. The monoisotopic (exact) mass is 249 g/mol. The second-order valence-corrected chi connectivity index (χ2v) is 3.93. The molecular weight excluding hydrogens is 239 g/mol. The molecule has 0 spiro atoms. The van der Waals surface area contributed by atoms with Crippen LogP contribution >= 0.6 is 0 Å². The number of pyridine rings is 1. The number of nitrogens with zero attached hydrogens (tertiary/aromatic N) is 1. The van der Waals surface area contributed by atoms with Gasteiger partial charge in [-0.05, 0) is 24.6 Å². The van der Waals surface area contributed by atoms with Gasteiger partial charge in [-0.1, -0.05) is 12.1 Å². The number of aryl methyl sites for hydroxylation is 1. The van der Waals surface area contributed by atoms with Crippen LogP contribution in [0.15, 0.2) is 30.5 Å². The normalized spacial score (nSPS) is 10.5. The van der Waals surface area contributed by atoms with E-state index in [4.69, 9.17) is 0 Å². The number of benzene rings is 1. The van der Waals surface area contributed by atoms with Crippen molar-refractivity contribution in [2.24, 2.45) is 0 Å². The molecule has 1 aromatic carbocycles. The summed E-state index contributed by atoms with van der Waals surface area (Å²) in [5.41, 5.74) is 0.656. The lowest BCUT2D eigenvalue weighted by molar-refractivity contribution is 0.425. The van der Waals surface area contributed by atoms with Gasteiger partial charge in [0, 0.05) is 17.2 Å². The van der Waals surface area contributed by atoms with Crippen LogP contribution in [0.3, 0.4) is 0 Å². The van der Waals surface area contributed by atoms with Crippen molar-refractivity contribution in [1.82, 2.24) is 4.98 Å². The Morgan fingerprint density at radius 1 is 1.22 bits per heavy atom. The first-order valence-electron chi connectivity index (χ1n) is 5.27. The molecule has 2 rings (SSSR count). The lowest BCUT2D eigenvalue weighted by atomic mass is 9.77. The Bertz CT molecular complexity index is 590. The summed E-state index contributed by atoms with van der Waals surface area (Å²) < 4.78 is 26.8. The fourth-order valence-corrected chi connectivity index (χ4v) is 1.70. The standard InChI is InChI=1S/C12H10BF2NO2/c1-7-5-9(13(17)18)12(16-6-7)8-3-2-4-10(14)11(8)15/h2-6,17-18H,1H3. The molecule has 1 aromatic heterocycles. The van der Waals surface area contributed by atoms with E-state index in [0.717, 1.165) is 6.07 Å². The number of hydrogen-bond acceptors (Lipinski definition) is 3. The Hall–Kier alpha value is -1.79. The molecule has 0 saturated carbocycles. The predicted molar refractivity (Wildman–Crippen MR) is 64.2 cm³/mol. The van der Waals surface area contributed by atoms with E-state index in [9.17, 15) is 18.8 Å². The summed E-state index contributed by atoms with van der Waals surface area (Å²) in [6.45, 7) is 1.71. The molecular formula is C12H10BF2NO2. The van der Waals surface area contributed by atoms with E-state index >= 15 is 0 Å². The first-order chi connectivity index (χ1) is 8.50. The third-order valence-electron chi connectivity index (χ3n) is 2.54. The quantitative estimate of drug-likeness (QED) is 0.781. The molecule has 92 valence electrons. The zero-order valence-electron chi connectivity index (χ0n) is 9.56. The predicted octanol–water partition coefficient (Wildman–Crippen LogP) is 1.02. The van der Waals surface area contributed by atoms with Gasteiger partial charge in [-0.3, -0.25) is 4.98 Å². The van der Waals surface area contributed by atoms with Gasteiger partial charge in [0.25, 0.3) is 0 Å². The average molecular weight is 249 g/mol. The van der Waals surface area contributed by atoms with Gasteiger partial charge in [0.1, 0.15) is 0 Å². The molecule has 0 aliphatic heterocycles. The minimum atomic E-state index is -1.80. The smallest absolute Gasteiger partial charge is 0.423 e. The van der Waals surface area contributed by atoms with Gasteiger partial charge in [-0.15, -0.1) is 0 Å². The van der Waals surface area contributed by atoms with Crippen molar-refractivity contribution in [1.29, 1.82) is 0 Å². The molecule has 0 amide bonds. The van der Waals surface area contributed by atoms with Gasteiger partial charge >= 0.3 is 7.12 Å². The van der Waals surface area contributed by atoms with Crippen molar-refractivity contribution >= 4 is 12.6 Å². The Labute approximate surface area is 103 Å². The van der Waals surface area contributed by atoms with Crippen molar-refractivity contribution < 1.29 is 18.8 Å². The van der Waals surface area contributed by atoms with E-state index in [1.165, 1.54) is 24.4 Å². The minimum absolute atomic E-state index is 0.0209. The number of hydrogen-bond donors (Lipinski definition) is 2. The lowest BCUT2D eigenvalue weighted by Crippen LogP contribution is -2.32. The van der Waals surface area contributed by atoms with E-state index in [1.807, 2.05) is 0 Å². The van der Waals surface area contributed by atoms with E-state index < -0.39 is 18.8 Å². The van der Waals surface area contributed by atoms with Crippen molar-refractivity contribution in [3.05, 3.63) is 47.7 Å². The van der Waals surface area contributed by atoms with Crippen LogP contribution in [0.1, 0.15) is 5.56 Å². The molecule has 6 heteroatoms. The summed E-state index contributed by atoms with van der Waals surface area (Å²) in [7, 11) is -1.80. The Morgan fingerprint density at radius 3 is 2.61 bits per heavy atom. The van der Waals surface area contributed by atoms with E-state index in [1.54, 1.807) is 6.92 Å². The molecule has 0 bridgehead atoms. The van der Waals surface area contributed by atoms with E-state index in [-0.39, 0.29) is 16.7 Å². The van der Waals surface area contributed by atoms with Crippen LogP contribution in [-0.2, 0) is 0 Å². The van der Waals surface area contributed by atoms with Gasteiger partial charge in [0.15, 0.2) is 11.6 Å². The van der Waals surface area contributed by atoms with Crippen molar-refractivity contribution in [3.8, 4) is 11.3 Å². The number of rotatable bonds is 2. The van der Waals surface area contributed by atoms with Crippen LogP contribution in [0.25, 0.3) is 11.3 Å². The van der Waals surface area contributed by atoms with Crippen LogP contribution in [0.4, 0.5) is 8.78 Å². The summed E-state index contributed by atoms with van der Waals surface area (Å²) in [6.07, 6.45) is 1.45. The number of halogens is 2. The summed E-state index contributed by atoms with van der Waals surface area (Å²) in [4.78, 5) is 3.94. The summed E-state index contributed by atoms with van der Waals surface area (Å²) in [5, 5.41) is 18.5. The highest BCUT2D eigenvalue weighted by atomic mass is 19.2. The lowest BCUT2D eigenvalue weighted by Gasteiger charge is -2.10. The van der Waals surface area contributed by atoms with Crippen LogP contribution in [0, 0.1) is 18.6 Å². The molecule has 18 heavy (non-hydrogen) atoms. The molecule has 0 atom stereocenters. The van der Waals surface area contributed by atoms with Gasteiger partial charge in [-0.25, -0.2) is 8.78 Å². The topological polar surface area (TPSA) is 53.4 Å². The largest absolute Gasteiger partial charge is 0.490 e. The fourth-order valence-electron chi connectivity index (χ4n) is 1.70. The Morgan fingerprint density at radius 2 is 1.94 bits per heavy atom. The molecule has 2 N–H and O–H groups in total. The summed E-state index contributed by atoms with van der Waals surface area (Å²) >= 11 is 0. The highest BCUT2D eigenvalue weighted by Gasteiger charge is 2.21. The van der Waals surface area contributed by atoms with Crippen LogP contribution < -0.4 is 5.46 Å². The second kappa shape index (κ2) is 4.84. The fraction of sp³-hybridized carbons (Fsp3) is 0.0833. The first kappa shape index (κ1) is 12.7. The maximum atomic E-state index is 13.7. The Kier molecular flexibility index (Phi) is 3.40. The molecule has 2 aromatic rings. The molecule has 3 nitrogen and oxygen atoms in total. The highest BCUT2D eigenvalue weighted by molar-refractivity contribution is 6.60. The molecule has 1 heterocycles. The highest BCUT2D eigenvalue weighted by Crippen LogP contribution is 2.21. The molecule has 0 radical (unpaired) electrons. The summed E-state index contributed by atoms with van der Waals surface area (Å²) in [6, 6.07) is 5.13. The van der Waals surface area contributed by atoms with Crippen LogP contribution in [0.5, 0.6) is 0 Å². The maximum absolute atomic E-state index is 13.7. The Balaban J connectivity index is 2.67. The van der Waals surface area contributed by atoms with Gasteiger partial charge in [0.05, 0.1) is 5.69 Å². The minimum Gasteiger partial charge on any atom is -0.423 e. The number of aromatic nitrogens is 1. The van der Waals surface area contributed by atoms with Crippen LogP contribution in [-0.4, -0.2) is 22.2 Å². The zero-order valence-corrected chi connectivity index (χ0v) is 9.56. The van der Waals surface area contributed by atoms with E-state index in [2.05, 4.69) is 4.98 Å². The maximum Gasteiger partial charge on any atom is 0.490 e. The average Bonchev–Trinajstić information content (AvgIpc) is 2.33. The van der Waals surface area contributed by atoms with E-state index in [0.29, 0.717) is 5.56 Å². The van der Waals surface area contributed by atoms with Gasteiger partial charge in [0.2, 0.25) is 0 Å². The van der Waals surface area contributed by atoms with Gasteiger partial charge < -0.3 is 10.0 Å². The third kappa shape index (κ3) is 2.25. The SMILES string of the molecule is Cc1cnc(-c2cccc(F)c2F)c(B(O)O)c1. The van der Waals surface area contributed by atoms with Crippen molar-refractivity contribution in [3.63, 3.8) is 0 Å². The first-order valence-corrected chi connectivity index (χ1v) is 5.27. The molecule has 0 aliphatic rings. The molecule has 0 fully saturated rings. The zero-order chi connectivity index (χ0) is 13.3. The third-order valence-corrected chi connectivity index (χ3v) is 2.54. The molecule has 0 saturated heterocycles. The van der Waals surface area contributed by atoms with Crippen molar-refractivity contribution in [2.75, 3.05) is 0 Å². The van der Waals surface area contributed by atoms with Crippen LogP contribution in [0.2, 0.25) is 0 Å². The summed E-state index contributed by atoms with van der Waals surface area (Å²) in [5.74, 6) is -2.07.